The minimum atomic E-state index is 0.501. The summed E-state index contributed by atoms with van der Waals surface area (Å²) < 4.78 is 2.00. The van der Waals surface area contributed by atoms with Gasteiger partial charge in [-0.25, -0.2) is 9.97 Å². The first-order chi connectivity index (χ1) is 11.7. The van der Waals surface area contributed by atoms with Crippen molar-refractivity contribution in [2.75, 3.05) is 0 Å². The van der Waals surface area contributed by atoms with Crippen LogP contribution in [0.5, 0.6) is 0 Å². The first-order valence-electron chi connectivity index (χ1n) is 7.81. The van der Waals surface area contributed by atoms with Crippen LogP contribution in [0.3, 0.4) is 0 Å². The SMILES string of the molecule is Cc1ncn(-c2nc(Cl)c(-c3ccccc3)c3ccccc23)c1C. The van der Waals surface area contributed by atoms with E-state index in [9.17, 15) is 0 Å². The Morgan fingerprint density at radius 1 is 0.875 bits per heavy atom. The molecular formula is C20H16ClN3. The number of imidazole rings is 1. The van der Waals surface area contributed by atoms with Gasteiger partial charge in [0.1, 0.15) is 17.3 Å². The van der Waals surface area contributed by atoms with Crippen molar-refractivity contribution in [3.05, 3.63) is 77.5 Å². The highest BCUT2D eigenvalue weighted by Gasteiger charge is 2.16. The third-order valence-corrected chi connectivity index (χ3v) is 4.66. The molecule has 4 heteroatoms. The molecule has 0 amide bonds. The second kappa shape index (κ2) is 5.77. The Labute approximate surface area is 145 Å². The Morgan fingerprint density at radius 2 is 1.54 bits per heavy atom. The lowest BCUT2D eigenvalue weighted by atomic mass is 10.0. The summed E-state index contributed by atoms with van der Waals surface area (Å²) in [6.07, 6.45) is 1.80. The molecule has 118 valence electrons. The van der Waals surface area contributed by atoms with E-state index in [1.807, 2.05) is 48.7 Å². The molecule has 0 unspecified atom stereocenters. The predicted octanol–water partition coefficient (Wildman–Crippen LogP) is 5.36. The topological polar surface area (TPSA) is 30.7 Å². The molecule has 2 aromatic carbocycles. The Balaban J connectivity index is 2.08. The van der Waals surface area contributed by atoms with E-state index in [1.54, 1.807) is 6.33 Å². The van der Waals surface area contributed by atoms with Crippen LogP contribution in [-0.2, 0) is 0 Å². The standard InChI is InChI=1S/C20H16ClN3/c1-13-14(2)24(12-22-13)20-17-11-7-6-10-16(17)18(19(21)23-20)15-8-4-3-5-9-15/h3-12H,1-2H3. The molecule has 0 aliphatic heterocycles. The minimum Gasteiger partial charge on any atom is -0.287 e. The Kier molecular flexibility index (Phi) is 3.58. The van der Waals surface area contributed by atoms with E-state index in [-0.39, 0.29) is 0 Å². The third kappa shape index (κ3) is 2.29. The van der Waals surface area contributed by atoms with Crippen LogP contribution in [0.15, 0.2) is 60.9 Å². The average Bonchev–Trinajstić information content (AvgIpc) is 2.94. The molecule has 2 heterocycles. The highest BCUT2D eigenvalue weighted by Crippen LogP contribution is 2.36. The molecule has 0 N–H and O–H groups in total. The van der Waals surface area contributed by atoms with Gasteiger partial charge in [-0.1, -0.05) is 66.2 Å². The van der Waals surface area contributed by atoms with Crippen molar-refractivity contribution < 1.29 is 0 Å². The Hall–Kier alpha value is -2.65. The zero-order valence-electron chi connectivity index (χ0n) is 13.5. The van der Waals surface area contributed by atoms with E-state index >= 15 is 0 Å². The number of halogens is 1. The number of hydrogen-bond donors (Lipinski definition) is 0. The van der Waals surface area contributed by atoms with Crippen LogP contribution in [0.4, 0.5) is 0 Å². The van der Waals surface area contributed by atoms with E-state index in [1.165, 1.54) is 0 Å². The van der Waals surface area contributed by atoms with Gasteiger partial charge in [0.15, 0.2) is 0 Å². The van der Waals surface area contributed by atoms with Crippen LogP contribution in [0, 0.1) is 13.8 Å². The van der Waals surface area contributed by atoms with Crippen LogP contribution < -0.4 is 0 Å². The number of rotatable bonds is 2. The van der Waals surface area contributed by atoms with Gasteiger partial charge in [-0.05, 0) is 24.8 Å². The molecule has 4 rings (SSSR count). The van der Waals surface area contributed by atoms with Gasteiger partial charge < -0.3 is 0 Å². The molecule has 24 heavy (non-hydrogen) atoms. The maximum atomic E-state index is 6.61. The fourth-order valence-corrected chi connectivity index (χ4v) is 3.28. The average molecular weight is 334 g/mol. The number of pyridine rings is 1. The number of aromatic nitrogens is 3. The smallest absolute Gasteiger partial charge is 0.147 e. The van der Waals surface area contributed by atoms with Gasteiger partial charge in [0.05, 0.1) is 5.69 Å². The third-order valence-electron chi connectivity index (χ3n) is 4.39. The number of benzene rings is 2. The first-order valence-corrected chi connectivity index (χ1v) is 8.19. The van der Waals surface area contributed by atoms with E-state index in [0.29, 0.717) is 5.15 Å². The molecule has 4 aromatic rings. The van der Waals surface area contributed by atoms with Crippen LogP contribution in [0.1, 0.15) is 11.4 Å². The molecular weight excluding hydrogens is 318 g/mol. The van der Waals surface area contributed by atoms with Gasteiger partial charge in [0.2, 0.25) is 0 Å². The van der Waals surface area contributed by atoms with Crippen molar-refractivity contribution >= 4 is 22.4 Å². The monoisotopic (exact) mass is 333 g/mol. The van der Waals surface area contributed by atoms with Crippen LogP contribution in [0.2, 0.25) is 5.15 Å². The molecule has 0 aliphatic rings. The summed E-state index contributed by atoms with van der Waals surface area (Å²) in [5.41, 5.74) is 4.09. The fourth-order valence-electron chi connectivity index (χ4n) is 2.99. The van der Waals surface area contributed by atoms with Crippen molar-refractivity contribution in [1.82, 2.24) is 14.5 Å². The molecule has 0 bridgehead atoms. The lowest BCUT2D eigenvalue weighted by Gasteiger charge is -2.14. The zero-order valence-corrected chi connectivity index (χ0v) is 14.2. The first kappa shape index (κ1) is 14.9. The van der Waals surface area contributed by atoms with Crippen molar-refractivity contribution in [3.8, 4) is 16.9 Å². The van der Waals surface area contributed by atoms with Crippen molar-refractivity contribution in [1.29, 1.82) is 0 Å². The Morgan fingerprint density at radius 3 is 2.21 bits per heavy atom. The largest absolute Gasteiger partial charge is 0.287 e. The fraction of sp³-hybridized carbons (Fsp3) is 0.100. The zero-order chi connectivity index (χ0) is 16.7. The molecule has 0 spiro atoms. The van der Waals surface area contributed by atoms with Crippen molar-refractivity contribution in [2.45, 2.75) is 13.8 Å². The molecule has 3 nitrogen and oxygen atoms in total. The quantitative estimate of drug-likeness (QED) is 0.462. The summed E-state index contributed by atoms with van der Waals surface area (Å²) in [4.78, 5) is 9.10. The van der Waals surface area contributed by atoms with Gasteiger partial charge >= 0.3 is 0 Å². The van der Waals surface area contributed by atoms with Crippen LogP contribution in [-0.4, -0.2) is 14.5 Å². The highest BCUT2D eigenvalue weighted by atomic mass is 35.5. The molecule has 0 aliphatic carbocycles. The van der Waals surface area contributed by atoms with Crippen LogP contribution in [0.25, 0.3) is 27.7 Å². The minimum absolute atomic E-state index is 0.501. The molecule has 0 saturated heterocycles. The normalized spacial score (nSPS) is 11.1. The lowest BCUT2D eigenvalue weighted by molar-refractivity contribution is 0.963. The summed E-state index contributed by atoms with van der Waals surface area (Å²) >= 11 is 6.61. The highest BCUT2D eigenvalue weighted by molar-refractivity contribution is 6.34. The number of nitrogens with zero attached hydrogens (tertiary/aromatic N) is 3. The summed E-state index contributed by atoms with van der Waals surface area (Å²) in [5.74, 6) is 0.813. The summed E-state index contributed by atoms with van der Waals surface area (Å²) in [6.45, 7) is 4.03. The second-order valence-corrected chi connectivity index (χ2v) is 6.16. The number of aryl methyl sites for hydroxylation is 1. The van der Waals surface area contributed by atoms with Gasteiger partial charge in [0.25, 0.3) is 0 Å². The summed E-state index contributed by atoms with van der Waals surface area (Å²) in [7, 11) is 0. The number of hydrogen-bond acceptors (Lipinski definition) is 2. The molecule has 0 saturated carbocycles. The van der Waals surface area contributed by atoms with Gasteiger partial charge in [-0.3, -0.25) is 4.57 Å². The van der Waals surface area contributed by atoms with E-state index < -0.39 is 0 Å². The number of fused-ring (bicyclic) bond motifs is 1. The molecule has 2 aromatic heterocycles. The molecule has 0 radical (unpaired) electrons. The predicted molar refractivity (Wildman–Crippen MR) is 98.8 cm³/mol. The van der Waals surface area contributed by atoms with E-state index in [0.717, 1.165) is 39.1 Å². The van der Waals surface area contributed by atoms with Crippen LogP contribution >= 0.6 is 11.6 Å². The van der Waals surface area contributed by atoms with E-state index in [4.69, 9.17) is 16.6 Å². The summed E-state index contributed by atoms with van der Waals surface area (Å²) in [6, 6.07) is 18.4. The van der Waals surface area contributed by atoms with E-state index in [2.05, 4.69) is 29.2 Å². The van der Waals surface area contributed by atoms with Gasteiger partial charge in [-0.15, -0.1) is 0 Å². The van der Waals surface area contributed by atoms with Gasteiger partial charge in [-0.2, -0.15) is 0 Å². The summed E-state index contributed by atoms with van der Waals surface area (Å²) in [5, 5.41) is 2.64. The van der Waals surface area contributed by atoms with Gasteiger partial charge in [0, 0.05) is 16.6 Å². The van der Waals surface area contributed by atoms with Crippen molar-refractivity contribution in [2.24, 2.45) is 0 Å². The lowest BCUT2D eigenvalue weighted by Crippen LogP contribution is -2.02. The maximum Gasteiger partial charge on any atom is 0.147 e. The second-order valence-electron chi connectivity index (χ2n) is 5.80. The van der Waals surface area contributed by atoms with Crippen molar-refractivity contribution in [3.63, 3.8) is 0 Å². The Bertz CT molecular complexity index is 1040. The maximum absolute atomic E-state index is 6.61. The molecule has 0 atom stereocenters. The molecule has 0 fully saturated rings.